The van der Waals surface area contributed by atoms with E-state index < -0.39 is 24.2 Å². The zero-order valence-electron chi connectivity index (χ0n) is 14.5. The van der Waals surface area contributed by atoms with E-state index in [1.807, 2.05) is 0 Å². The van der Waals surface area contributed by atoms with Crippen molar-refractivity contribution in [1.29, 1.82) is 0 Å². The molecule has 1 N–H and O–H groups in total. The Labute approximate surface area is 182 Å². The monoisotopic (exact) mass is 474 g/mol. The maximum atomic E-state index is 14.2. The van der Waals surface area contributed by atoms with Crippen LogP contribution >= 0.6 is 34.8 Å². The summed E-state index contributed by atoms with van der Waals surface area (Å²) in [5.41, 5.74) is 2.20. The average Bonchev–Trinajstić information content (AvgIpc) is 3.32. The number of alkyl halides is 3. The fourth-order valence-corrected chi connectivity index (χ4v) is 3.83. The second-order valence-electron chi connectivity index (χ2n) is 6.44. The third-order valence-corrected chi connectivity index (χ3v) is 5.91. The Balaban J connectivity index is 1.76. The highest BCUT2D eigenvalue weighted by Gasteiger charge is 2.63. The van der Waals surface area contributed by atoms with Crippen LogP contribution in [0, 0.1) is 0 Å². The van der Waals surface area contributed by atoms with E-state index in [2.05, 4.69) is 16.6 Å². The zero-order chi connectivity index (χ0) is 21.8. The lowest BCUT2D eigenvalue weighted by Gasteiger charge is -2.30. The number of carbonyl (C=O) groups is 1. The van der Waals surface area contributed by atoms with Gasteiger partial charge in [0, 0.05) is 5.56 Å². The molecule has 0 aliphatic carbocycles. The van der Waals surface area contributed by atoms with E-state index in [9.17, 15) is 23.1 Å². The average molecular weight is 476 g/mol. The van der Waals surface area contributed by atoms with Crippen LogP contribution in [0.4, 0.5) is 13.2 Å². The van der Waals surface area contributed by atoms with Crippen molar-refractivity contribution in [2.45, 2.75) is 18.2 Å². The number of carboxylic acids is 1. The van der Waals surface area contributed by atoms with Crippen LogP contribution in [0.5, 0.6) is 0 Å². The summed E-state index contributed by atoms with van der Waals surface area (Å²) in [5, 5.41) is 12.5. The van der Waals surface area contributed by atoms with E-state index >= 15 is 0 Å². The van der Waals surface area contributed by atoms with E-state index in [4.69, 9.17) is 39.6 Å². The van der Waals surface area contributed by atoms with Gasteiger partial charge >= 0.3 is 12.1 Å². The summed E-state index contributed by atoms with van der Waals surface area (Å²) in [6.45, 7) is 0. The van der Waals surface area contributed by atoms with Crippen LogP contribution < -0.4 is 0 Å². The Morgan fingerprint density at radius 3 is 2.50 bits per heavy atom. The molecule has 11 heteroatoms. The molecule has 0 bridgehead atoms. The number of rotatable bonds is 3. The summed E-state index contributed by atoms with van der Waals surface area (Å²) >= 11 is 17.7. The Morgan fingerprint density at radius 1 is 1.23 bits per heavy atom. The molecule has 0 saturated carbocycles. The van der Waals surface area contributed by atoms with E-state index in [1.165, 1.54) is 23.3 Å². The van der Waals surface area contributed by atoms with Crippen molar-refractivity contribution in [3.05, 3.63) is 79.5 Å². The first-order valence-electron chi connectivity index (χ1n) is 8.19. The molecule has 0 amide bonds. The van der Waals surface area contributed by atoms with Gasteiger partial charge in [0.2, 0.25) is 0 Å². The normalized spacial score (nSPS) is 22.3. The van der Waals surface area contributed by atoms with Gasteiger partial charge in [-0.15, -0.1) is 0 Å². The number of halogens is 6. The van der Waals surface area contributed by atoms with Crippen molar-refractivity contribution in [1.82, 2.24) is 4.90 Å². The Bertz CT molecular complexity index is 1170. The van der Waals surface area contributed by atoms with Gasteiger partial charge in [-0.25, -0.2) is 4.79 Å². The molecule has 1 unspecified atom stereocenters. The van der Waals surface area contributed by atoms with Gasteiger partial charge in [-0.1, -0.05) is 40.0 Å². The lowest BCUT2D eigenvalue weighted by Crippen LogP contribution is -2.43. The van der Waals surface area contributed by atoms with Crippen LogP contribution in [-0.4, -0.2) is 27.9 Å². The number of hydrogen-bond acceptors (Lipinski definition) is 4. The molecule has 5 nitrogen and oxygen atoms in total. The van der Waals surface area contributed by atoms with Gasteiger partial charge in [-0.2, -0.15) is 13.2 Å². The molecular formula is C19H8Cl3F3N2O3. The van der Waals surface area contributed by atoms with Crippen molar-refractivity contribution in [2.24, 2.45) is 5.16 Å². The standard InChI is InChI=1S/C19H8Cl3F3N2O3/c20-11-6-9(7-12(21)16(11)22)18(19(23,24)25)8-13(26-30-18)15-4-3-10(17(28)29)14-2-1-5-27(14)15/h3-7H,8H2,(H,28,29). The first-order chi connectivity index (χ1) is 14.0. The van der Waals surface area contributed by atoms with Crippen LogP contribution in [0.25, 0.3) is 0 Å². The van der Waals surface area contributed by atoms with Gasteiger partial charge < -0.3 is 9.94 Å². The number of nitrogens with zero attached hydrogens (tertiary/aromatic N) is 2. The zero-order valence-corrected chi connectivity index (χ0v) is 16.8. The summed E-state index contributed by atoms with van der Waals surface area (Å²) in [6.07, 6.45) is -1.64. The molecule has 30 heavy (non-hydrogen) atoms. The quantitative estimate of drug-likeness (QED) is 0.459. The van der Waals surface area contributed by atoms with Crippen molar-refractivity contribution in [3.8, 4) is 0 Å². The molecule has 0 spiro atoms. The van der Waals surface area contributed by atoms with Crippen LogP contribution in [0.15, 0.2) is 64.1 Å². The third-order valence-electron chi connectivity index (χ3n) is 4.71. The van der Waals surface area contributed by atoms with Crippen LogP contribution in [-0.2, 0) is 15.2 Å². The van der Waals surface area contributed by atoms with E-state index in [-0.39, 0.29) is 43.3 Å². The molecule has 1 aromatic rings. The highest BCUT2D eigenvalue weighted by atomic mass is 35.5. The number of aliphatic carboxylic acids is 1. The lowest BCUT2D eigenvalue weighted by atomic mass is 9.87. The largest absolute Gasteiger partial charge is 0.478 e. The van der Waals surface area contributed by atoms with Crippen molar-refractivity contribution in [2.75, 3.05) is 0 Å². The van der Waals surface area contributed by atoms with Crippen LogP contribution in [0.2, 0.25) is 15.1 Å². The minimum absolute atomic E-state index is 0.0607. The topological polar surface area (TPSA) is 62.1 Å². The SMILES string of the molecule is O=C(O)C1=CC=C(C2=NOC(c3cc(Cl)c(Cl)c(Cl)c3)(C(F)(F)F)C2)N2C=C=C=C12. The summed E-state index contributed by atoms with van der Waals surface area (Å²) in [5.74, 6) is -1.21. The minimum Gasteiger partial charge on any atom is -0.478 e. The molecular weight excluding hydrogens is 468 g/mol. The van der Waals surface area contributed by atoms with Crippen molar-refractivity contribution in [3.63, 3.8) is 0 Å². The van der Waals surface area contributed by atoms with Gasteiger partial charge in [0.15, 0.2) is 0 Å². The third kappa shape index (κ3) is 3.05. The molecule has 0 fully saturated rings. The number of benzene rings is 1. The Morgan fingerprint density at radius 2 is 1.90 bits per heavy atom. The molecule has 0 aromatic heterocycles. The smallest absolute Gasteiger partial charge is 0.435 e. The molecule has 3 aliphatic heterocycles. The second kappa shape index (κ2) is 6.98. The van der Waals surface area contributed by atoms with E-state index in [0.29, 0.717) is 0 Å². The predicted molar refractivity (Wildman–Crippen MR) is 103 cm³/mol. The second-order valence-corrected chi connectivity index (χ2v) is 7.63. The first-order valence-corrected chi connectivity index (χ1v) is 9.32. The van der Waals surface area contributed by atoms with Gasteiger partial charge in [0.25, 0.3) is 5.60 Å². The summed E-state index contributed by atoms with van der Waals surface area (Å²) < 4.78 is 42.5. The number of carboxylic acid groups (broad SMARTS) is 1. The Hall–Kier alpha value is -2.60. The fourth-order valence-electron chi connectivity index (χ4n) is 3.24. The number of allylic oxidation sites excluding steroid dienone is 3. The minimum atomic E-state index is -4.88. The van der Waals surface area contributed by atoms with Crippen molar-refractivity contribution >= 4 is 46.5 Å². The number of oxime groups is 1. The molecule has 4 rings (SSSR count). The van der Waals surface area contributed by atoms with E-state index in [0.717, 1.165) is 12.1 Å². The van der Waals surface area contributed by atoms with Gasteiger partial charge in [-0.3, -0.25) is 4.90 Å². The lowest BCUT2D eigenvalue weighted by molar-refractivity contribution is -0.275. The summed E-state index contributed by atoms with van der Waals surface area (Å²) in [7, 11) is 0. The van der Waals surface area contributed by atoms with Crippen molar-refractivity contribution < 1.29 is 27.9 Å². The molecule has 3 aliphatic rings. The summed E-state index contributed by atoms with van der Waals surface area (Å²) in [6, 6.07) is 2.06. The summed E-state index contributed by atoms with van der Waals surface area (Å²) in [4.78, 5) is 17.7. The molecule has 3 heterocycles. The van der Waals surface area contributed by atoms with Gasteiger partial charge in [-0.05, 0) is 35.7 Å². The first kappa shape index (κ1) is 20.7. The molecule has 154 valence electrons. The highest BCUT2D eigenvalue weighted by molar-refractivity contribution is 6.48. The van der Waals surface area contributed by atoms with Gasteiger partial charge in [0.1, 0.15) is 11.4 Å². The number of fused-ring (bicyclic) bond motifs is 1. The predicted octanol–water partition coefficient (Wildman–Crippen LogP) is 5.56. The molecule has 1 aromatic carbocycles. The molecule has 0 saturated heterocycles. The maximum Gasteiger partial charge on any atom is 0.435 e. The highest BCUT2D eigenvalue weighted by Crippen LogP contribution is 2.51. The maximum absolute atomic E-state index is 14.2. The molecule has 0 radical (unpaired) electrons. The van der Waals surface area contributed by atoms with Crippen LogP contribution in [0.1, 0.15) is 12.0 Å². The van der Waals surface area contributed by atoms with E-state index in [1.54, 1.807) is 0 Å². The molecule has 1 atom stereocenters. The number of hydrogen-bond donors (Lipinski definition) is 1. The fraction of sp³-hybridized carbons (Fsp3) is 0.158. The van der Waals surface area contributed by atoms with Gasteiger partial charge in [0.05, 0.1) is 39.0 Å². The van der Waals surface area contributed by atoms with Crippen LogP contribution in [0.3, 0.4) is 0 Å². The Kier molecular flexibility index (Phi) is 4.81.